The Kier molecular flexibility index (Phi) is 5.66. The molecule has 0 bridgehead atoms. The number of aryl methyl sites for hydroxylation is 1. The first-order valence-electron chi connectivity index (χ1n) is 7.41. The summed E-state index contributed by atoms with van der Waals surface area (Å²) in [5, 5.41) is 4.21. The van der Waals surface area contributed by atoms with Crippen molar-refractivity contribution in [3.63, 3.8) is 0 Å². The van der Waals surface area contributed by atoms with Crippen molar-refractivity contribution in [1.82, 2.24) is 5.32 Å². The highest BCUT2D eigenvalue weighted by Crippen LogP contribution is 2.28. The zero-order valence-corrected chi connectivity index (χ0v) is 13.6. The summed E-state index contributed by atoms with van der Waals surface area (Å²) in [7, 11) is 0. The average Bonchev–Trinajstić information content (AvgIpc) is 2.48. The maximum absolute atomic E-state index is 5.96. The predicted octanol–water partition coefficient (Wildman–Crippen LogP) is 5.50. The van der Waals surface area contributed by atoms with Gasteiger partial charge in [0.15, 0.2) is 0 Å². The van der Waals surface area contributed by atoms with Gasteiger partial charge in [0.25, 0.3) is 0 Å². The van der Waals surface area contributed by atoms with Crippen LogP contribution < -0.4 is 10.1 Å². The number of benzene rings is 2. The minimum Gasteiger partial charge on any atom is -0.457 e. The standard InChI is InChI=1S/C18H22ClNO/c1-4-17(20-5-2)14-6-9-16(10-7-14)21-18-11-8-15(19)12-13(18)3/h6-12,17,20H,4-5H2,1-3H3. The Bertz CT molecular complexity index is 580. The van der Waals surface area contributed by atoms with Gasteiger partial charge in [0.1, 0.15) is 11.5 Å². The molecule has 1 N–H and O–H groups in total. The highest BCUT2D eigenvalue weighted by molar-refractivity contribution is 6.30. The lowest BCUT2D eigenvalue weighted by Gasteiger charge is -2.17. The molecule has 0 spiro atoms. The molecule has 0 fully saturated rings. The van der Waals surface area contributed by atoms with Gasteiger partial charge in [-0.2, -0.15) is 0 Å². The summed E-state index contributed by atoms with van der Waals surface area (Å²) in [6, 6.07) is 14.3. The topological polar surface area (TPSA) is 21.3 Å². The van der Waals surface area contributed by atoms with E-state index >= 15 is 0 Å². The van der Waals surface area contributed by atoms with E-state index in [1.807, 2.05) is 37.3 Å². The Balaban J connectivity index is 2.11. The lowest BCUT2D eigenvalue weighted by molar-refractivity contribution is 0.477. The summed E-state index contributed by atoms with van der Waals surface area (Å²) in [5.74, 6) is 1.68. The summed E-state index contributed by atoms with van der Waals surface area (Å²) in [6.07, 6.45) is 1.07. The zero-order valence-electron chi connectivity index (χ0n) is 12.8. The molecule has 1 atom stereocenters. The van der Waals surface area contributed by atoms with Crippen LogP contribution in [-0.4, -0.2) is 6.54 Å². The monoisotopic (exact) mass is 303 g/mol. The van der Waals surface area contributed by atoms with Crippen molar-refractivity contribution in [2.24, 2.45) is 0 Å². The summed E-state index contributed by atoms with van der Waals surface area (Å²) in [4.78, 5) is 0. The molecular weight excluding hydrogens is 282 g/mol. The lowest BCUT2D eigenvalue weighted by atomic mass is 10.0. The first-order valence-corrected chi connectivity index (χ1v) is 7.79. The van der Waals surface area contributed by atoms with Crippen LogP contribution in [0.3, 0.4) is 0 Å². The molecule has 3 heteroatoms. The summed E-state index contributed by atoms with van der Waals surface area (Å²) in [6.45, 7) is 7.28. The predicted molar refractivity (Wildman–Crippen MR) is 89.4 cm³/mol. The van der Waals surface area contributed by atoms with Gasteiger partial charge < -0.3 is 10.1 Å². The van der Waals surface area contributed by atoms with Gasteiger partial charge in [-0.15, -0.1) is 0 Å². The summed E-state index contributed by atoms with van der Waals surface area (Å²) < 4.78 is 5.91. The van der Waals surface area contributed by atoms with Crippen LogP contribution in [0.15, 0.2) is 42.5 Å². The molecule has 0 radical (unpaired) electrons. The third kappa shape index (κ3) is 4.23. The molecule has 0 aliphatic carbocycles. The number of ether oxygens (including phenoxy) is 1. The Morgan fingerprint density at radius 3 is 2.38 bits per heavy atom. The van der Waals surface area contributed by atoms with E-state index in [2.05, 4.69) is 31.3 Å². The van der Waals surface area contributed by atoms with Crippen LogP contribution in [-0.2, 0) is 0 Å². The van der Waals surface area contributed by atoms with Crippen molar-refractivity contribution in [3.05, 3.63) is 58.6 Å². The fourth-order valence-corrected chi connectivity index (χ4v) is 2.59. The lowest BCUT2D eigenvalue weighted by Crippen LogP contribution is -2.19. The molecule has 0 aliphatic rings. The first kappa shape index (κ1) is 15.9. The van der Waals surface area contributed by atoms with Gasteiger partial charge in [0.2, 0.25) is 0 Å². The molecule has 0 heterocycles. The van der Waals surface area contributed by atoms with Crippen molar-refractivity contribution >= 4 is 11.6 Å². The summed E-state index contributed by atoms with van der Waals surface area (Å²) >= 11 is 5.96. The van der Waals surface area contributed by atoms with Crippen LogP contribution in [0.25, 0.3) is 0 Å². The maximum Gasteiger partial charge on any atom is 0.130 e. The quantitative estimate of drug-likeness (QED) is 0.760. The first-order chi connectivity index (χ1) is 10.1. The van der Waals surface area contributed by atoms with E-state index in [4.69, 9.17) is 16.3 Å². The van der Waals surface area contributed by atoms with Crippen LogP contribution in [0.1, 0.15) is 37.4 Å². The second kappa shape index (κ2) is 7.48. The third-order valence-corrected chi connectivity index (χ3v) is 3.74. The number of rotatable bonds is 6. The normalized spacial score (nSPS) is 12.2. The van der Waals surface area contributed by atoms with E-state index in [-0.39, 0.29) is 0 Å². The Labute approximate surface area is 132 Å². The molecule has 112 valence electrons. The van der Waals surface area contributed by atoms with Crippen LogP contribution >= 0.6 is 11.6 Å². The van der Waals surface area contributed by atoms with Gasteiger partial charge in [0.05, 0.1) is 0 Å². The van der Waals surface area contributed by atoms with Gasteiger partial charge in [-0.25, -0.2) is 0 Å². The van der Waals surface area contributed by atoms with E-state index in [9.17, 15) is 0 Å². The number of hydrogen-bond acceptors (Lipinski definition) is 2. The van der Waals surface area contributed by atoms with Gasteiger partial charge in [-0.1, -0.05) is 37.6 Å². The number of nitrogens with one attached hydrogen (secondary N) is 1. The van der Waals surface area contributed by atoms with Crippen LogP contribution in [0.2, 0.25) is 5.02 Å². The van der Waals surface area contributed by atoms with Gasteiger partial charge in [-0.05, 0) is 61.3 Å². The number of halogens is 1. The highest BCUT2D eigenvalue weighted by Gasteiger charge is 2.08. The molecule has 0 saturated heterocycles. The Morgan fingerprint density at radius 1 is 1.10 bits per heavy atom. The average molecular weight is 304 g/mol. The molecule has 1 unspecified atom stereocenters. The van der Waals surface area contributed by atoms with Crippen molar-refractivity contribution in [3.8, 4) is 11.5 Å². The van der Waals surface area contributed by atoms with Crippen LogP contribution in [0.5, 0.6) is 11.5 Å². The van der Waals surface area contributed by atoms with Crippen LogP contribution in [0, 0.1) is 6.92 Å². The van der Waals surface area contributed by atoms with Crippen molar-refractivity contribution in [1.29, 1.82) is 0 Å². The molecule has 2 aromatic carbocycles. The van der Waals surface area contributed by atoms with Crippen molar-refractivity contribution < 1.29 is 4.74 Å². The second-order valence-electron chi connectivity index (χ2n) is 5.10. The van der Waals surface area contributed by atoms with E-state index in [0.717, 1.165) is 35.1 Å². The fraction of sp³-hybridized carbons (Fsp3) is 0.333. The Morgan fingerprint density at radius 2 is 1.81 bits per heavy atom. The van der Waals surface area contributed by atoms with E-state index in [0.29, 0.717) is 6.04 Å². The molecule has 21 heavy (non-hydrogen) atoms. The molecular formula is C18H22ClNO. The molecule has 0 saturated carbocycles. The minimum absolute atomic E-state index is 0.404. The van der Waals surface area contributed by atoms with Gasteiger partial charge in [0, 0.05) is 11.1 Å². The molecule has 0 aliphatic heterocycles. The van der Waals surface area contributed by atoms with Crippen molar-refractivity contribution in [2.75, 3.05) is 6.54 Å². The van der Waals surface area contributed by atoms with Crippen LogP contribution in [0.4, 0.5) is 0 Å². The van der Waals surface area contributed by atoms with E-state index < -0.39 is 0 Å². The SMILES string of the molecule is CCNC(CC)c1ccc(Oc2ccc(Cl)cc2C)cc1. The maximum atomic E-state index is 5.96. The van der Waals surface area contributed by atoms with E-state index in [1.165, 1.54) is 5.56 Å². The largest absolute Gasteiger partial charge is 0.457 e. The Hall–Kier alpha value is -1.51. The fourth-order valence-electron chi connectivity index (χ4n) is 2.37. The molecule has 2 aromatic rings. The molecule has 0 aromatic heterocycles. The van der Waals surface area contributed by atoms with Crippen molar-refractivity contribution in [2.45, 2.75) is 33.2 Å². The highest BCUT2D eigenvalue weighted by atomic mass is 35.5. The summed E-state index contributed by atoms with van der Waals surface area (Å²) in [5.41, 5.74) is 2.32. The van der Waals surface area contributed by atoms with E-state index in [1.54, 1.807) is 0 Å². The zero-order chi connectivity index (χ0) is 15.2. The molecule has 2 rings (SSSR count). The second-order valence-corrected chi connectivity index (χ2v) is 5.54. The van der Waals surface area contributed by atoms with Gasteiger partial charge in [-0.3, -0.25) is 0 Å². The molecule has 2 nitrogen and oxygen atoms in total. The third-order valence-electron chi connectivity index (χ3n) is 3.51. The molecule has 0 amide bonds. The van der Waals surface area contributed by atoms with Gasteiger partial charge >= 0.3 is 0 Å². The minimum atomic E-state index is 0.404. The smallest absolute Gasteiger partial charge is 0.130 e. The number of hydrogen-bond donors (Lipinski definition) is 1.